The summed E-state index contributed by atoms with van der Waals surface area (Å²) >= 11 is 0. The van der Waals surface area contributed by atoms with Gasteiger partial charge in [0.15, 0.2) is 0 Å². The van der Waals surface area contributed by atoms with Gasteiger partial charge in [0.05, 0.1) is 18.9 Å². The largest absolute Gasteiger partial charge is 0.497 e. The van der Waals surface area contributed by atoms with E-state index in [-0.39, 0.29) is 36.0 Å². The number of ether oxygens (including phenoxy) is 1. The highest BCUT2D eigenvalue weighted by Gasteiger charge is 2.46. The average molecular weight is 342 g/mol. The van der Waals surface area contributed by atoms with Crippen molar-refractivity contribution in [2.75, 3.05) is 19.0 Å². The SMILES string of the molecule is COc1cccc(NC(=O)CCCN2C(=O)[C@H]3CC=CC[C@@H]3C2=O)c1. The standard InChI is InChI=1S/C19H22N2O4/c1-25-14-7-4-6-13(12-14)20-17(22)10-5-11-21-18(23)15-8-2-3-9-16(15)19(21)24/h2-4,6-7,12,15-16H,5,8-11H2,1H3,(H,20,22)/t15-,16-/m0/s1. The first-order chi connectivity index (χ1) is 12.1. The molecule has 2 aliphatic rings. The Bertz CT molecular complexity index is 687. The van der Waals surface area contributed by atoms with Crippen LogP contribution in [0.25, 0.3) is 0 Å². The smallest absolute Gasteiger partial charge is 0.233 e. The van der Waals surface area contributed by atoms with E-state index in [1.165, 1.54) is 4.90 Å². The Morgan fingerprint density at radius 2 is 1.88 bits per heavy atom. The molecule has 0 spiro atoms. The Hall–Kier alpha value is -2.63. The molecule has 25 heavy (non-hydrogen) atoms. The molecule has 1 fully saturated rings. The monoisotopic (exact) mass is 342 g/mol. The maximum Gasteiger partial charge on any atom is 0.233 e. The Morgan fingerprint density at radius 3 is 2.52 bits per heavy atom. The molecule has 1 aliphatic heterocycles. The van der Waals surface area contributed by atoms with Crippen molar-refractivity contribution in [1.82, 2.24) is 4.90 Å². The zero-order valence-electron chi connectivity index (χ0n) is 14.2. The van der Waals surface area contributed by atoms with Crippen molar-refractivity contribution in [3.63, 3.8) is 0 Å². The molecular weight excluding hydrogens is 320 g/mol. The molecule has 1 N–H and O–H groups in total. The van der Waals surface area contributed by atoms with Gasteiger partial charge in [-0.05, 0) is 31.4 Å². The lowest BCUT2D eigenvalue weighted by atomic mass is 9.85. The Morgan fingerprint density at radius 1 is 1.20 bits per heavy atom. The second kappa shape index (κ2) is 7.51. The van der Waals surface area contributed by atoms with Gasteiger partial charge in [-0.3, -0.25) is 19.3 Å². The lowest BCUT2D eigenvalue weighted by molar-refractivity contribution is -0.140. The van der Waals surface area contributed by atoms with Gasteiger partial charge in [-0.2, -0.15) is 0 Å². The van der Waals surface area contributed by atoms with Crippen LogP contribution < -0.4 is 10.1 Å². The number of amides is 3. The lowest BCUT2D eigenvalue weighted by Crippen LogP contribution is -2.32. The third kappa shape index (κ3) is 3.73. The highest BCUT2D eigenvalue weighted by molar-refractivity contribution is 6.05. The first kappa shape index (κ1) is 17.2. The fourth-order valence-electron chi connectivity index (χ4n) is 3.41. The van der Waals surface area contributed by atoms with Gasteiger partial charge in [0.1, 0.15) is 5.75 Å². The summed E-state index contributed by atoms with van der Waals surface area (Å²) in [4.78, 5) is 38.1. The molecule has 0 bridgehead atoms. The quantitative estimate of drug-likeness (QED) is 0.636. The molecule has 132 valence electrons. The van der Waals surface area contributed by atoms with E-state index in [1.54, 1.807) is 31.4 Å². The molecule has 0 aromatic heterocycles. The number of allylic oxidation sites excluding steroid dienone is 2. The first-order valence-corrected chi connectivity index (χ1v) is 8.54. The lowest BCUT2D eigenvalue weighted by Gasteiger charge is -2.14. The number of hydrogen-bond donors (Lipinski definition) is 1. The molecule has 0 radical (unpaired) electrons. The van der Waals surface area contributed by atoms with Crippen LogP contribution in [0.2, 0.25) is 0 Å². The number of imide groups is 1. The van der Waals surface area contributed by atoms with Crippen LogP contribution in [0.15, 0.2) is 36.4 Å². The topological polar surface area (TPSA) is 75.7 Å². The number of carbonyl (C=O) groups is 3. The van der Waals surface area contributed by atoms with Gasteiger partial charge >= 0.3 is 0 Å². The molecule has 0 unspecified atom stereocenters. The fraction of sp³-hybridized carbons (Fsp3) is 0.421. The molecule has 0 saturated carbocycles. The van der Waals surface area contributed by atoms with Crippen LogP contribution in [0.1, 0.15) is 25.7 Å². The minimum atomic E-state index is -0.205. The Balaban J connectivity index is 1.48. The maximum atomic E-state index is 12.3. The predicted molar refractivity (Wildman–Crippen MR) is 92.9 cm³/mol. The molecule has 1 aromatic rings. The second-order valence-corrected chi connectivity index (χ2v) is 6.37. The normalized spacial score (nSPS) is 22.0. The summed E-state index contributed by atoms with van der Waals surface area (Å²) < 4.78 is 5.12. The van der Waals surface area contributed by atoms with Gasteiger partial charge in [-0.1, -0.05) is 18.2 Å². The molecule has 1 aromatic carbocycles. The van der Waals surface area contributed by atoms with Crippen molar-refractivity contribution in [3.8, 4) is 5.75 Å². The highest BCUT2D eigenvalue weighted by atomic mass is 16.5. The third-order valence-electron chi connectivity index (χ3n) is 4.74. The molecule has 3 amide bonds. The molecular formula is C19H22N2O4. The van der Waals surface area contributed by atoms with E-state index in [4.69, 9.17) is 4.74 Å². The highest BCUT2D eigenvalue weighted by Crippen LogP contribution is 2.35. The molecule has 3 rings (SSSR count). The van der Waals surface area contributed by atoms with Crippen molar-refractivity contribution in [3.05, 3.63) is 36.4 Å². The Kier molecular flexibility index (Phi) is 5.16. The number of nitrogens with zero attached hydrogens (tertiary/aromatic N) is 1. The van der Waals surface area contributed by atoms with E-state index in [9.17, 15) is 14.4 Å². The zero-order chi connectivity index (χ0) is 17.8. The van der Waals surface area contributed by atoms with E-state index >= 15 is 0 Å². The second-order valence-electron chi connectivity index (χ2n) is 6.37. The summed E-state index contributed by atoms with van der Waals surface area (Å²) in [6.45, 7) is 0.302. The molecule has 6 nitrogen and oxygen atoms in total. The van der Waals surface area contributed by atoms with Crippen LogP contribution in [-0.4, -0.2) is 36.3 Å². The van der Waals surface area contributed by atoms with E-state index in [0.29, 0.717) is 37.2 Å². The van der Waals surface area contributed by atoms with Crippen molar-refractivity contribution in [2.24, 2.45) is 11.8 Å². The number of hydrogen-bond acceptors (Lipinski definition) is 4. The number of anilines is 1. The van der Waals surface area contributed by atoms with Crippen LogP contribution in [-0.2, 0) is 14.4 Å². The van der Waals surface area contributed by atoms with Crippen molar-refractivity contribution >= 4 is 23.4 Å². The molecule has 1 saturated heterocycles. The number of likely N-dealkylation sites (tertiary alicyclic amines) is 1. The maximum absolute atomic E-state index is 12.3. The van der Waals surface area contributed by atoms with E-state index in [0.717, 1.165) is 0 Å². The average Bonchev–Trinajstić information content (AvgIpc) is 2.87. The molecule has 1 aliphatic carbocycles. The zero-order valence-corrected chi connectivity index (χ0v) is 14.2. The minimum absolute atomic E-state index is 0.0902. The summed E-state index contributed by atoms with van der Waals surface area (Å²) in [6.07, 6.45) is 5.93. The number of fused-ring (bicyclic) bond motifs is 1. The summed E-state index contributed by atoms with van der Waals surface area (Å²) in [5.74, 6) is -0.0694. The van der Waals surface area contributed by atoms with E-state index in [2.05, 4.69) is 5.32 Å². The van der Waals surface area contributed by atoms with Gasteiger partial charge in [0, 0.05) is 24.7 Å². The summed E-state index contributed by atoms with van der Waals surface area (Å²) in [6, 6.07) is 7.12. The van der Waals surface area contributed by atoms with Gasteiger partial charge in [0.2, 0.25) is 17.7 Å². The van der Waals surface area contributed by atoms with Crippen LogP contribution in [0.5, 0.6) is 5.75 Å². The van der Waals surface area contributed by atoms with Crippen LogP contribution in [0.4, 0.5) is 5.69 Å². The number of benzene rings is 1. The third-order valence-corrected chi connectivity index (χ3v) is 4.74. The summed E-state index contributed by atoms with van der Waals surface area (Å²) in [5.41, 5.74) is 0.662. The molecule has 1 heterocycles. The van der Waals surface area contributed by atoms with Gasteiger partial charge in [-0.25, -0.2) is 0 Å². The van der Waals surface area contributed by atoms with Crippen LogP contribution in [0, 0.1) is 11.8 Å². The number of carbonyl (C=O) groups excluding carboxylic acids is 3. The van der Waals surface area contributed by atoms with Crippen LogP contribution in [0.3, 0.4) is 0 Å². The van der Waals surface area contributed by atoms with E-state index < -0.39 is 0 Å². The fourth-order valence-corrected chi connectivity index (χ4v) is 3.41. The number of rotatable bonds is 6. The van der Waals surface area contributed by atoms with Crippen LogP contribution >= 0.6 is 0 Å². The number of methoxy groups -OCH3 is 1. The van der Waals surface area contributed by atoms with Crippen molar-refractivity contribution in [2.45, 2.75) is 25.7 Å². The minimum Gasteiger partial charge on any atom is -0.497 e. The predicted octanol–water partition coefficient (Wildman–Crippen LogP) is 2.37. The van der Waals surface area contributed by atoms with Gasteiger partial charge in [0.25, 0.3) is 0 Å². The summed E-state index contributed by atoms with van der Waals surface area (Å²) in [5, 5.41) is 2.80. The number of nitrogens with one attached hydrogen (secondary N) is 1. The summed E-state index contributed by atoms with van der Waals surface area (Å²) in [7, 11) is 1.57. The van der Waals surface area contributed by atoms with Gasteiger partial charge < -0.3 is 10.1 Å². The molecule has 2 atom stereocenters. The van der Waals surface area contributed by atoms with Crippen molar-refractivity contribution in [1.29, 1.82) is 0 Å². The molecule has 6 heteroatoms. The Labute approximate surface area is 146 Å². The van der Waals surface area contributed by atoms with Gasteiger partial charge in [-0.15, -0.1) is 0 Å². The first-order valence-electron chi connectivity index (χ1n) is 8.54. The van der Waals surface area contributed by atoms with Crippen molar-refractivity contribution < 1.29 is 19.1 Å². The van der Waals surface area contributed by atoms with E-state index in [1.807, 2.05) is 12.2 Å².